The highest BCUT2D eigenvalue weighted by molar-refractivity contribution is 5.82. The number of hydrazine groups is 1. The third-order valence-electron chi connectivity index (χ3n) is 2.78. The van der Waals surface area contributed by atoms with Gasteiger partial charge >= 0.3 is 0 Å². The van der Waals surface area contributed by atoms with Crippen LogP contribution in [0.3, 0.4) is 0 Å². The number of hydrogen-bond acceptors (Lipinski definition) is 6. The molecule has 0 spiro atoms. The highest BCUT2D eigenvalue weighted by Gasteiger charge is 2.24. The van der Waals surface area contributed by atoms with Gasteiger partial charge in [-0.3, -0.25) is 9.63 Å². The smallest absolute Gasteiger partial charge is 0.279 e. The Morgan fingerprint density at radius 2 is 1.95 bits per heavy atom. The fourth-order valence-electron chi connectivity index (χ4n) is 1.69. The molecule has 0 aliphatic heterocycles. The first-order valence-electron chi connectivity index (χ1n) is 5.64. The minimum absolute atomic E-state index is 0.321. The number of amides is 1. The van der Waals surface area contributed by atoms with E-state index in [0.717, 1.165) is 5.06 Å². The summed E-state index contributed by atoms with van der Waals surface area (Å²) in [4.78, 5) is 16.9. The van der Waals surface area contributed by atoms with Crippen molar-refractivity contribution in [1.82, 2.24) is 5.06 Å². The van der Waals surface area contributed by atoms with E-state index in [-0.39, 0.29) is 5.91 Å². The van der Waals surface area contributed by atoms with Crippen LogP contribution in [-0.4, -0.2) is 39.3 Å². The van der Waals surface area contributed by atoms with Crippen molar-refractivity contribution in [3.8, 4) is 0 Å². The Kier molecular flexibility index (Phi) is 5.11. The van der Waals surface area contributed by atoms with E-state index in [1.54, 1.807) is 25.2 Å². The van der Waals surface area contributed by atoms with Crippen molar-refractivity contribution in [1.29, 1.82) is 0 Å². The van der Waals surface area contributed by atoms with Crippen molar-refractivity contribution in [3.63, 3.8) is 0 Å². The Bertz CT molecular complexity index is 451. The van der Waals surface area contributed by atoms with Crippen LogP contribution in [-0.2, 0) is 14.4 Å². The van der Waals surface area contributed by atoms with Gasteiger partial charge in [0.2, 0.25) is 0 Å². The molecule has 1 unspecified atom stereocenters. The largest absolute Gasteiger partial charge is 0.397 e. The van der Waals surface area contributed by atoms with E-state index in [4.69, 9.17) is 21.2 Å². The molecule has 0 saturated carbocycles. The van der Waals surface area contributed by atoms with Gasteiger partial charge in [-0.1, -0.05) is 6.07 Å². The molecule has 106 valence electrons. The minimum Gasteiger partial charge on any atom is -0.397 e. The topological polar surface area (TPSA) is 94.0 Å². The van der Waals surface area contributed by atoms with E-state index in [9.17, 15) is 4.79 Å². The Morgan fingerprint density at radius 3 is 2.37 bits per heavy atom. The maximum absolute atomic E-state index is 12.0. The molecule has 0 fully saturated rings. The second kappa shape index (κ2) is 6.37. The monoisotopic (exact) mass is 268 g/mol. The molecule has 7 nitrogen and oxygen atoms in total. The molecule has 0 radical (unpaired) electrons. The van der Waals surface area contributed by atoms with Crippen LogP contribution in [0.2, 0.25) is 0 Å². The molecule has 19 heavy (non-hydrogen) atoms. The zero-order chi connectivity index (χ0) is 14.6. The second-order valence-corrected chi connectivity index (χ2v) is 4.06. The first-order chi connectivity index (χ1) is 8.92. The number of hydroxylamine groups is 2. The number of carbonyl (C=O) groups excluding carboxylic acids is 1. The van der Waals surface area contributed by atoms with Crippen molar-refractivity contribution in [2.24, 2.45) is 5.84 Å². The molecule has 0 aromatic heterocycles. The van der Waals surface area contributed by atoms with Crippen molar-refractivity contribution in [3.05, 3.63) is 23.8 Å². The van der Waals surface area contributed by atoms with E-state index in [0.29, 0.717) is 16.9 Å². The van der Waals surface area contributed by atoms with Gasteiger partial charge < -0.3 is 15.5 Å². The average molecular weight is 268 g/mol. The van der Waals surface area contributed by atoms with E-state index < -0.39 is 6.10 Å². The van der Waals surface area contributed by atoms with Gasteiger partial charge in [0, 0.05) is 21.2 Å². The Morgan fingerprint density at radius 1 is 1.32 bits per heavy atom. The quantitative estimate of drug-likeness (QED) is 0.453. The molecule has 0 bridgehead atoms. The normalized spacial score (nSPS) is 12.1. The van der Waals surface area contributed by atoms with Crippen molar-refractivity contribution < 1.29 is 14.4 Å². The second-order valence-electron chi connectivity index (χ2n) is 4.06. The van der Waals surface area contributed by atoms with Crippen LogP contribution in [0.4, 0.5) is 11.4 Å². The third-order valence-corrected chi connectivity index (χ3v) is 2.78. The molecule has 0 aliphatic rings. The first-order valence-corrected chi connectivity index (χ1v) is 5.64. The summed E-state index contributed by atoms with van der Waals surface area (Å²) in [5, 5.41) is 2.51. The highest BCUT2D eigenvalue weighted by atomic mass is 16.7. The number of likely N-dealkylation sites (N-methyl/N-ethyl adjacent to an activating group) is 1. The van der Waals surface area contributed by atoms with Gasteiger partial charge in [-0.15, -0.1) is 0 Å². The van der Waals surface area contributed by atoms with Gasteiger partial charge in [0.1, 0.15) is 0 Å². The molecule has 1 rings (SSSR count). The van der Waals surface area contributed by atoms with Gasteiger partial charge in [-0.2, -0.15) is 0 Å². The first kappa shape index (κ1) is 15.2. The molecule has 7 heteroatoms. The molecule has 1 aromatic rings. The predicted octanol–water partition coefficient (Wildman–Crippen LogP) is 0.286. The number of benzene rings is 1. The van der Waals surface area contributed by atoms with Crippen LogP contribution in [0.1, 0.15) is 11.7 Å². The fourth-order valence-corrected chi connectivity index (χ4v) is 1.69. The molecule has 4 N–H and O–H groups in total. The Hall–Kier alpha value is -1.83. The molecular weight excluding hydrogens is 248 g/mol. The summed E-state index contributed by atoms with van der Waals surface area (Å²) in [7, 11) is 6.06. The number of ether oxygens (including phenoxy) is 1. The summed E-state index contributed by atoms with van der Waals surface area (Å²) in [5.74, 6) is 5.31. The number of nitrogen functional groups attached to an aromatic ring is 1. The van der Waals surface area contributed by atoms with Crippen molar-refractivity contribution >= 4 is 17.3 Å². The molecule has 0 aliphatic carbocycles. The number of nitrogens with zero attached hydrogens (tertiary/aromatic N) is 2. The van der Waals surface area contributed by atoms with Gasteiger partial charge in [0.25, 0.3) is 5.91 Å². The van der Waals surface area contributed by atoms with E-state index in [1.807, 2.05) is 0 Å². The van der Waals surface area contributed by atoms with Crippen molar-refractivity contribution in [2.75, 3.05) is 39.1 Å². The summed E-state index contributed by atoms with van der Waals surface area (Å²) in [5.41, 5.74) is 7.67. The molecular formula is C12H20N4O3. The predicted molar refractivity (Wildman–Crippen MR) is 73.0 cm³/mol. The zero-order valence-corrected chi connectivity index (χ0v) is 11.6. The third kappa shape index (κ3) is 3.34. The fraction of sp³-hybridized carbons (Fsp3) is 0.417. The maximum atomic E-state index is 12.0. The summed E-state index contributed by atoms with van der Waals surface area (Å²) in [6, 6.07) is 5.13. The molecule has 0 saturated heterocycles. The van der Waals surface area contributed by atoms with Gasteiger partial charge in [0.15, 0.2) is 6.10 Å². The van der Waals surface area contributed by atoms with Crippen LogP contribution in [0.25, 0.3) is 0 Å². The summed E-state index contributed by atoms with van der Waals surface area (Å²) < 4.78 is 5.20. The Balaban J connectivity index is 3.06. The lowest BCUT2D eigenvalue weighted by Gasteiger charge is -2.22. The SMILES string of the molecule is COC(C(=O)N(C)OC)c1ccc(N(C)N)c(N)c1. The van der Waals surface area contributed by atoms with Gasteiger partial charge in [-0.25, -0.2) is 10.9 Å². The lowest BCUT2D eigenvalue weighted by atomic mass is 10.1. The number of nitrogens with two attached hydrogens (primary N) is 2. The number of methoxy groups -OCH3 is 1. The van der Waals surface area contributed by atoms with E-state index in [2.05, 4.69) is 0 Å². The average Bonchev–Trinajstić information content (AvgIpc) is 2.38. The van der Waals surface area contributed by atoms with E-state index >= 15 is 0 Å². The molecule has 1 atom stereocenters. The zero-order valence-electron chi connectivity index (χ0n) is 11.6. The van der Waals surface area contributed by atoms with Crippen LogP contribution in [0, 0.1) is 0 Å². The van der Waals surface area contributed by atoms with Crippen LogP contribution in [0.15, 0.2) is 18.2 Å². The summed E-state index contributed by atoms with van der Waals surface area (Å²) >= 11 is 0. The van der Waals surface area contributed by atoms with Gasteiger partial charge in [0.05, 0.1) is 18.5 Å². The number of carbonyl (C=O) groups is 1. The van der Waals surface area contributed by atoms with Crippen LogP contribution >= 0.6 is 0 Å². The summed E-state index contributed by atoms with van der Waals surface area (Å²) in [6.45, 7) is 0. The molecule has 1 amide bonds. The standard InChI is InChI=1S/C12H20N4O3/c1-15(14)10-6-5-8(7-9(10)13)11(18-3)12(17)16(2)19-4/h5-7,11H,13-14H2,1-4H3. The van der Waals surface area contributed by atoms with Gasteiger partial charge in [-0.05, 0) is 17.7 Å². The number of rotatable bonds is 5. The number of anilines is 2. The molecule has 1 aromatic carbocycles. The van der Waals surface area contributed by atoms with E-state index in [1.165, 1.54) is 26.3 Å². The number of hydrogen-bond donors (Lipinski definition) is 2. The maximum Gasteiger partial charge on any atom is 0.279 e. The Labute approximate surface area is 112 Å². The highest BCUT2D eigenvalue weighted by Crippen LogP contribution is 2.27. The minimum atomic E-state index is -0.774. The van der Waals surface area contributed by atoms with Crippen LogP contribution in [0.5, 0.6) is 0 Å². The lowest BCUT2D eigenvalue weighted by molar-refractivity contribution is -0.179. The van der Waals surface area contributed by atoms with Crippen LogP contribution < -0.4 is 16.6 Å². The lowest BCUT2D eigenvalue weighted by Crippen LogP contribution is -2.32. The van der Waals surface area contributed by atoms with Crippen molar-refractivity contribution in [2.45, 2.75) is 6.10 Å². The molecule has 0 heterocycles. The summed E-state index contributed by atoms with van der Waals surface area (Å²) in [6.07, 6.45) is -0.774.